The van der Waals surface area contributed by atoms with E-state index < -0.39 is 0 Å². The molecule has 1 saturated heterocycles. The first-order valence-electron chi connectivity index (χ1n) is 10.9. The van der Waals surface area contributed by atoms with Crippen molar-refractivity contribution >= 4 is 17.2 Å². The smallest absolute Gasteiger partial charge is 0.227 e. The molecule has 1 aromatic heterocycles. The molecular weight excluding hydrogens is 438 g/mol. The molecule has 0 radical (unpaired) electrons. The molecule has 1 amide bonds. The van der Waals surface area contributed by atoms with E-state index in [-0.39, 0.29) is 5.91 Å². The lowest BCUT2D eigenvalue weighted by atomic mass is 10.1. The maximum absolute atomic E-state index is 12.8. The van der Waals surface area contributed by atoms with E-state index in [2.05, 4.69) is 10.3 Å². The second kappa shape index (κ2) is 10.7. The van der Waals surface area contributed by atoms with Crippen molar-refractivity contribution in [3.8, 4) is 28.5 Å². The third kappa shape index (κ3) is 5.64. The molecule has 4 rings (SSSR count). The van der Waals surface area contributed by atoms with Crippen molar-refractivity contribution in [2.24, 2.45) is 0 Å². The number of methoxy groups -OCH3 is 3. The quantitative estimate of drug-likeness (QED) is 0.503. The van der Waals surface area contributed by atoms with E-state index in [0.29, 0.717) is 17.9 Å². The molecule has 174 valence electrons. The monoisotopic (exact) mass is 467 g/mol. The zero-order valence-corrected chi connectivity index (χ0v) is 20.1. The average Bonchev–Trinajstić information content (AvgIpc) is 3.33. The van der Waals surface area contributed by atoms with Crippen LogP contribution in [0.4, 0.5) is 0 Å². The van der Waals surface area contributed by atoms with Crippen LogP contribution in [0.1, 0.15) is 10.6 Å². The van der Waals surface area contributed by atoms with E-state index in [1.54, 1.807) is 32.7 Å². The number of hydrogen-bond acceptors (Lipinski definition) is 7. The van der Waals surface area contributed by atoms with Crippen LogP contribution in [0.15, 0.2) is 47.8 Å². The Balaban J connectivity index is 1.29. The fourth-order valence-corrected chi connectivity index (χ4v) is 4.77. The first kappa shape index (κ1) is 23.1. The number of hydrogen-bond donors (Lipinski definition) is 0. The van der Waals surface area contributed by atoms with Crippen molar-refractivity contribution in [3.63, 3.8) is 0 Å². The fourth-order valence-electron chi connectivity index (χ4n) is 3.92. The van der Waals surface area contributed by atoms with Gasteiger partial charge in [-0.15, -0.1) is 11.3 Å². The minimum atomic E-state index is 0.136. The number of nitrogens with zero attached hydrogens (tertiary/aromatic N) is 3. The molecule has 2 aromatic carbocycles. The van der Waals surface area contributed by atoms with Gasteiger partial charge in [0, 0.05) is 37.1 Å². The highest BCUT2D eigenvalue weighted by Crippen LogP contribution is 2.28. The Kier molecular flexibility index (Phi) is 7.47. The first-order chi connectivity index (χ1) is 16.1. The van der Waals surface area contributed by atoms with Crippen molar-refractivity contribution < 1.29 is 19.0 Å². The summed E-state index contributed by atoms with van der Waals surface area (Å²) in [5.74, 6) is 2.27. The molecule has 1 fully saturated rings. The van der Waals surface area contributed by atoms with Crippen LogP contribution in [0.3, 0.4) is 0 Å². The lowest BCUT2D eigenvalue weighted by Crippen LogP contribution is -2.48. The molecule has 7 nitrogen and oxygen atoms in total. The van der Waals surface area contributed by atoms with Gasteiger partial charge < -0.3 is 19.1 Å². The maximum Gasteiger partial charge on any atom is 0.227 e. The predicted molar refractivity (Wildman–Crippen MR) is 129 cm³/mol. The van der Waals surface area contributed by atoms with Crippen molar-refractivity contribution in [2.75, 3.05) is 47.5 Å². The minimum Gasteiger partial charge on any atom is -0.497 e. The molecule has 0 N–H and O–H groups in total. The van der Waals surface area contributed by atoms with Gasteiger partial charge in [-0.25, -0.2) is 4.98 Å². The molecule has 2 heterocycles. The Bertz CT molecular complexity index is 1090. The molecule has 0 saturated carbocycles. The molecular formula is C25H29N3O4S. The van der Waals surface area contributed by atoms with Crippen LogP contribution in [0.5, 0.6) is 17.2 Å². The van der Waals surface area contributed by atoms with Crippen LogP contribution < -0.4 is 14.2 Å². The summed E-state index contributed by atoms with van der Waals surface area (Å²) in [4.78, 5) is 21.9. The second-order valence-electron chi connectivity index (χ2n) is 7.88. The summed E-state index contributed by atoms with van der Waals surface area (Å²) in [6.07, 6.45) is 0.358. The fraction of sp³-hybridized carbons (Fsp3) is 0.360. The van der Waals surface area contributed by atoms with Gasteiger partial charge in [0.05, 0.1) is 40.0 Å². The van der Waals surface area contributed by atoms with Gasteiger partial charge in [0.15, 0.2) is 11.5 Å². The van der Waals surface area contributed by atoms with E-state index in [1.165, 1.54) is 0 Å². The SMILES string of the molecule is COc1cccc(-c2csc(CN3CCN(C(=O)Cc4ccc(OC)c(OC)c4)CC3)n2)c1. The molecule has 0 unspecified atom stereocenters. The number of aromatic nitrogens is 1. The zero-order valence-electron chi connectivity index (χ0n) is 19.2. The third-order valence-electron chi connectivity index (χ3n) is 5.80. The Morgan fingerprint density at radius 3 is 2.48 bits per heavy atom. The summed E-state index contributed by atoms with van der Waals surface area (Å²) < 4.78 is 15.9. The summed E-state index contributed by atoms with van der Waals surface area (Å²) >= 11 is 1.67. The van der Waals surface area contributed by atoms with Gasteiger partial charge in [0.1, 0.15) is 10.8 Å². The van der Waals surface area contributed by atoms with Crippen LogP contribution in [0, 0.1) is 0 Å². The Labute approximate surface area is 198 Å². The normalized spacial score (nSPS) is 14.2. The van der Waals surface area contributed by atoms with Crippen LogP contribution >= 0.6 is 11.3 Å². The highest BCUT2D eigenvalue weighted by Gasteiger charge is 2.22. The first-order valence-corrected chi connectivity index (χ1v) is 11.8. The molecule has 1 aliphatic rings. The minimum absolute atomic E-state index is 0.136. The van der Waals surface area contributed by atoms with Gasteiger partial charge in [0.2, 0.25) is 5.91 Å². The third-order valence-corrected chi connectivity index (χ3v) is 6.64. The number of benzene rings is 2. The molecule has 33 heavy (non-hydrogen) atoms. The molecule has 1 aliphatic heterocycles. The van der Waals surface area contributed by atoms with Gasteiger partial charge in [-0.2, -0.15) is 0 Å². The van der Waals surface area contributed by atoms with Gasteiger partial charge in [0.25, 0.3) is 0 Å². The average molecular weight is 468 g/mol. The largest absolute Gasteiger partial charge is 0.497 e. The van der Waals surface area contributed by atoms with E-state index in [1.807, 2.05) is 47.4 Å². The Morgan fingerprint density at radius 2 is 1.76 bits per heavy atom. The molecule has 0 spiro atoms. The van der Waals surface area contributed by atoms with Crippen LogP contribution in [0.2, 0.25) is 0 Å². The lowest BCUT2D eigenvalue weighted by molar-refractivity contribution is -0.132. The number of thiazole rings is 1. The zero-order chi connectivity index (χ0) is 23.2. The summed E-state index contributed by atoms with van der Waals surface area (Å²) in [7, 11) is 4.88. The number of ether oxygens (including phenoxy) is 3. The van der Waals surface area contributed by atoms with Gasteiger partial charge >= 0.3 is 0 Å². The van der Waals surface area contributed by atoms with Gasteiger partial charge in [-0.1, -0.05) is 18.2 Å². The molecule has 8 heteroatoms. The molecule has 0 atom stereocenters. The number of carbonyl (C=O) groups is 1. The Hall–Kier alpha value is -3.10. The van der Waals surface area contributed by atoms with Crippen molar-refractivity contribution in [1.29, 1.82) is 0 Å². The standard InChI is InChI=1S/C25H29N3O4S/c1-30-20-6-4-5-19(15-20)21-17-33-24(26-21)16-27-9-11-28(12-10-27)25(29)14-18-7-8-22(31-2)23(13-18)32-3/h4-8,13,15,17H,9-12,14,16H2,1-3H3. The second-order valence-corrected chi connectivity index (χ2v) is 8.82. The highest BCUT2D eigenvalue weighted by atomic mass is 32.1. The number of rotatable bonds is 8. The lowest BCUT2D eigenvalue weighted by Gasteiger charge is -2.34. The molecule has 3 aromatic rings. The van der Waals surface area contributed by atoms with E-state index in [0.717, 1.165) is 60.3 Å². The number of piperazine rings is 1. The van der Waals surface area contributed by atoms with Crippen LogP contribution in [-0.4, -0.2) is 68.2 Å². The summed E-state index contributed by atoms with van der Waals surface area (Å²) in [6, 6.07) is 13.6. The maximum atomic E-state index is 12.8. The molecule has 0 aliphatic carbocycles. The topological polar surface area (TPSA) is 64.1 Å². The van der Waals surface area contributed by atoms with Gasteiger partial charge in [-0.05, 0) is 29.8 Å². The highest BCUT2D eigenvalue weighted by molar-refractivity contribution is 7.09. The van der Waals surface area contributed by atoms with Crippen LogP contribution in [-0.2, 0) is 17.8 Å². The van der Waals surface area contributed by atoms with Gasteiger partial charge in [-0.3, -0.25) is 9.69 Å². The molecule has 0 bridgehead atoms. The summed E-state index contributed by atoms with van der Waals surface area (Å²) in [5, 5.41) is 3.17. The predicted octanol–water partition coefficient (Wildman–Crippen LogP) is 3.72. The number of amides is 1. The number of carbonyl (C=O) groups excluding carboxylic acids is 1. The van der Waals surface area contributed by atoms with E-state index in [4.69, 9.17) is 19.2 Å². The van der Waals surface area contributed by atoms with E-state index >= 15 is 0 Å². The van der Waals surface area contributed by atoms with Crippen LogP contribution in [0.25, 0.3) is 11.3 Å². The Morgan fingerprint density at radius 1 is 0.970 bits per heavy atom. The van der Waals surface area contributed by atoms with Crippen molar-refractivity contribution in [2.45, 2.75) is 13.0 Å². The van der Waals surface area contributed by atoms with E-state index in [9.17, 15) is 4.79 Å². The summed E-state index contributed by atoms with van der Waals surface area (Å²) in [6.45, 7) is 3.92. The summed E-state index contributed by atoms with van der Waals surface area (Å²) in [5.41, 5.74) is 2.95. The van der Waals surface area contributed by atoms with Crippen molar-refractivity contribution in [1.82, 2.24) is 14.8 Å². The van der Waals surface area contributed by atoms with Crippen molar-refractivity contribution in [3.05, 3.63) is 58.4 Å².